The standard InChI is InChI=1S/C18H16N2/c1-13-7-5-8-14(2)18(13)17-11-6-10-16(20-17)15-9-3-4-12-19-15/h3-12H,1-2H3. The van der Waals surface area contributed by atoms with Crippen LogP contribution in [0, 0.1) is 13.8 Å². The van der Waals surface area contributed by atoms with Gasteiger partial charge in [-0.1, -0.05) is 30.3 Å². The van der Waals surface area contributed by atoms with Crippen molar-refractivity contribution in [3.63, 3.8) is 0 Å². The summed E-state index contributed by atoms with van der Waals surface area (Å²) >= 11 is 0. The Morgan fingerprint density at radius 1 is 0.650 bits per heavy atom. The lowest BCUT2D eigenvalue weighted by atomic mass is 9.99. The highest BCUT2D eigenvalue weighted by Crippen LogP contribution is 2.27. The molecule has 0 spiro atoms. The summed E-state index contributed by atoms with van der Waals surface area (Å²) in [5, 5.41) is 0. The summed E-state index contributed by atoms with van der Waals surface area (Å²) in [6.45, 7) is 4.24. The zero-order valence-electron chi connectivity index (χ0n) is 11.7. The zero-order chi connectivity index (χ0) is 13.9. The summed E-state index contributed by atoms with van der Waals surface area (Å²) in [4.78, 5) is 9.14. The maximum Gasteiger partial charge on any atom is 0.0893 e. The molecular formula is C18H16N2. The first-order valence-corrected chi connectivity index (χ1v) is 6.71. The third-order valence-corrected chi connectivity index (χ3v) is 3.41. The van der Waals surface area contributed by atoms with E-state index in [1.54, 1.807) is 6.20 Å². The van der Waals surface area contributed by atoms with Gasteiger partial charge in [0.2, 0.25) is 0 Å². The van der Waals surface area contributed by atoms with Gasteiger partial charge in [0.15, 0.2) is 0 Å². The van der Waals surface area contributed by atoms with Crippen LogP contribution in [0.2, 0.25) is 0 Å². The van der Waals surface area contributed by atoms with Gasteiger partial charge in [0.05, 0.1) is 17.1 Å². The molecule has 2 nitrogen and oxygen atoms in total. The van der Waals surface area contributed by atoms with Gasteiger partial charge in [-0.15, -0.1) is 0 Å². The molecule has 20 heavy (non-hydrogen) atoms. The molecule has 98 valence electrons. The normalized spacial score (nSPS) is 10.5. The molecule has 0 unspecified atom stereocenters. The van der Waals surface area contributed by atoms with E-state index in [9.17, 15) is 0 Å². The van der Waals surface area contributed by atoms with Gasteiger partial charge in [-0.05, 0) is 49.2 Å². The molecule has 0 N–H and O–H groups in total. The molecule has 2 aromatic heterocycles. The zero-order valence-corrected chi connectivity index (χ0v) is 11.7. The molecule has 2 heteroatoms. The van der Waals surface area contributed by atoms with Crippen molar-refractivity contribution in [2.45, 2.75) is 13.8 Å². The largest absolute Gasteiger partial charge is 0.255 e. The Balaban J connectivity index is 2.13. The summed E-state index contributed by atoms with van der Waals surface area (Å²) in [5.74, 6) is 0. The van der Waals surface area contributed by atoms with Crippen LogP contribution < -0.4 is 0 Å². The number of aromatic nitrogens is 2. The van der Waals surface area contributed by atoms with Crippen molar-refractivity contribution in [3.05, 3.63) is 71.9 Å². The number of benzene rings is 1. The van der Waals surface area contributed by atoms with Crippen LogP contribution in [0.4, 0.5) is 0 Å². The van der Waals surface area contributed by atoms with Crippen LogP contribution in [0.25, 0.3) is 22.6 Å². The second kappa shape index (κ2) is 5.25. The first kappa shape index (κ1) is 12.5. The summed E-state index contributed by atoms with van der Waals surface area (Å²) < 4.78 is 0. The Labute approximate surface area is 119 Å². The molecule has 3 rings (SSSR count). The number of pyridine rings is 2. The van der Waals surface area contributed by atoms with Crippen LogP contribution in [-0.4, -0.2) is 9.97 Å². The van der Waals surface area contributed by atoms with Crippen molar-refractivity contribution in [2.24, 2.45) is 0 Å². The molecule has 0 radical (unpaired) electrons. The number of aryl methyl sites for hydroxylation is 2. The highest BCUT2D eigenvalue weighted by Gasteiger charge is 2.08. The highest BCUT2D eigenvalue weighted by atomic mass is 14.8. The minimum atomic E-state index is 0.903. The van der Waals surface area contributed by atoms with E-state index >= 15 is 0 Å². The number of nitrogens with zero attached hydrogens (tertiary/aromatic N) is 2. The summed E-state index contributed by atoms with van der Waals surface area (Å²) in [5.41, 5.74) is 6.52. The second-order valence-electron chi connectivity index (χ2n) is 4.89. The molecule has 0 aliphatic carbocycles. The van der Waals surface area contributed by atoms with Crippen LogP contribution in [-0.2, 0) is 0 Å². The van der Waals surface area contributed by atoms with Crippen molar-refractivity contribution >= 4 is 0 Å². The van der Waals surface area contributed by atoms with E-state index in [2.05, 4.69) is 43.1 Å². The van der Waals surface area contributed by atoms with Gasteiger partial charge in [0.25, 0.3) is 0 Å². The number of hydrogen-bond donors (Lipinski definition) is 0. The van der Waals surface area contributed by atoms with E-state index < -0.39 is 0 Å². The van der Waals surface area contributed by atoms with E-state index in [-0.39, 0.29) is 0 Å². The summed E-state index contributed by atoms with van der Waals surface area (Å²) in [6, 6.07) is 18.3. The van der Waals surface area contributed by atoms with Gasteiger partial charge in [-0.25, -0.2) is 4.98 Å². The van der Waals surface area contributed by atoms with Gasteiger partial charge < -0.3 is 0 Å². The fourth-order valence-corrected chi connectivity index (χ4v) is 2.45. The molecule has 0 amide bonds. The van der Waals surface area contributed by atoms with Gasteiger partial charge in [-0.2, -0.15) is 0 Å². The van der Waals surface area contributed by atoms with Crippen LogP contribution in [0.3, 0.4) is 0 Å². The average Bonchev–Trinajstić information content (AvgIpc) is 2.48. The van der Waals surface area contributed by atoms with Crippen LogP contribution in [0.5, 0.6) is 0 Å². The Morgan fingerprint density at radius 3 is 2.00 bits per heavy atom. The molecule has 3 aromatic rings. The van der Waals surface area contributed by atoms with Crippen molar-refractivity contribution < 1.29 is 0 Å². The lowest BCUT2D eigenvalue weighted by Crippen LogP contribution is -1.93. The van der Waals surface area contributed by atoms with Crippen molar-refractivity contribution in [2.75, 3.05) is 0 Å². The fraction of sp³-hybridized carbons (Fsp3) is 0.111. The van der Waals surface area contributed by atoms with Crippen LogP contribution in [0.1, 0.15) is 11.1 Å². The van der Waals surface area contributed by atoms with Crippen molar-refractivity contribution in [1.82, 2.24) is 9.97 Å². The number of rotatable bonds is 2. The quantitative estimate of drug-likeness (QED) is 0.681. The summed E-state index contributed by atoms with van der Waals surface area (Å²) in [7, 11) is 0. The smallest absolute Gasteiger partial charge is 0.0893 e. The number of hydrogen-bond acceptors (Lipinski definition) is 2. The molecule has 0 fully saturated rings. The summed E-state index contributed by atoms with van der Waals surface area (Å²) in [6.07, 6.45) is 1.79. The Hall–Kier alpha value is -2.48. The van der Waals surface area contributed by atoms with Crippen LogP contribution >= 0.6 is 0 Å². The molecule has 0 saturated carbocycles. The Kier molecular flexibility index (Phi) is 3.30. The molecule has 2 heterocycles. The maximum atomic E-state index is 4.77. The van der Waals surface area contributed by atoms with Crippen molar-refractivity contribution in [3.8, 4) is 22.6 Å². The van der Waals surface area contributed by atoms with Gasteiger partial charge in [0.1, 0.15) is 0 Å². The first-order valence-electron chi connectivity index (χ1n) is 6.71. The van der Waals surface area contributed by atoms with Crippen LogP contribution in [0.15, 0.2) is 60.8 Å². The SMILES string of the molecule is Cc1cccc(C)c1-c1cccc(-c2ccccn2)n1. The molecule has 1 aromatic carbocycles. The molecule has 0 atom stereocenters. The molecule has 0 aliphatic rings. The topological polar surface area (TPSA) is 25.8 Å². The molecular weight excluding hydrogens is 244 g/mol. The molecule has 0 bridgehead atoms. The van der Waals surface area contributed by atoms with E-state index in [0.29, 0.717) is 0 Å². The van der Waals surface area contributed by atoms with E-state index in [4.69, 9.17) is 4.98 Å². The predicted octanol–water partition coefficient (Wildman–Crippen LogP) is 4.43. The van der Waals surface area contributed by atoms with Gasteiger partial charge in [-0.3, -0.25) is 4.98 Å². The fourth-order valence-electron chi connectivity index (χ4n) is 2.45. The maximum absolute atomic E-state index is 4.77. The van der Waals surface area contributed by atoms with E-state index in [1.165, 1.54) is 16.7 Å². The predicted molar refractivity (Wildman–Crippen MR) is 82.4 cm³/mol. The lowest BCUT2D eigenvalue weighted by molar-refractivity contribution is 1.23. The molecule has 0 aliphatic heterocycles. The Morgan fingerprint density at radius 2 is 1.30 bits per heavy atom. The van der Waals surface area contributed by atoms with Crippen molar-refractivity contribution in [1.29, 1.82) is 0 Å². The third-order valence-electron chi connectivity index (χ3n) is 3.41. The first-order chi connectivity index (χ1) is 9.75. The monoisotopic (exact) mass is 260 g/mol. The molecule has 0 saturated heterocycles. The minimum absolute atomic E-state index is 0.903. The third kappa shape index (κ3) is 2.32. The second-order valence-corrected chi connectivity index (χ2v) is 4.89. The van der Waals surface area contributed by atoms with Gasteiger partial charge >= 0.3 is 0 Å². The highest BCUT2D eigenvalue weighted by molar-refractivity contribution is 5.69. The lowest BCUT2D eigenvalue weighted by Gasteiger charge is -2.10. The van der Waals surface area contributed by atoms with Gasteiger partial charge in [0, 0.05) is 11.8 Å². The van der Waals surface area contributed by atoms with E-state index in [0.717, 1.165) is 17.1 Å². The minimum Gasteiger partial charge on any atom is -0.255 e. The average molecular weight is 260 g/mol. The Bertz CT molecular complexity index is 713. The van der Waals surface area contributed by atoms with E-state index in [1.807, 2.05) is 30.3 Å².